The zero-order chi connectivity index (χ0) is 12.5. The predicted octanol–water partition coefficient (Wildman–Crippen LogP) is 0.493. The van der Waals surface area contributed by atoms with E-state index in [0.717, 1.165) is 50.8 Å². The van der Waals surface area contributed by atoms with Gasteiger partial charge in [0.25, 0.3) is 0 Å². The summed E-state index contributed by atoms with van der Waals surface area (Å²) in [4.78, 5) is 9.23. The average Bonchev–Trinajstić information content (AvgIpc) is 2.33. The number of morpholine rings is 1. The molecule has 1 aromatic rings. The molecule has 1 aromatic heterocycles. The first-order valence-electron chi connectivity index (χ1n) is 6.54. The van der Waals surface area contributed by atoms with Crippen molar-refractivity contribution < 1.29 is 4.74 Å². The molecule has 0 amide bonds. The minimum Gasteiger partial charge on any atom is -0.383 e. The van der Waals surface area contributed by atoms with Crippen LogP contribution in [0.25, 0.3) is 0 Å². The van der Waals surface area contributed by atoms with E-state index in [1.165, 1.54) is 0 Å². The molecule has 0 unspecified atom stereocenters. The van der Waals surface area contributed by atoms with E-state index in [2.05, 4.69) is 20.9 Å². The Morgan fingerprint density at radius 2 is 2.00 bits per heavy atom. The minimum absolute atomic E-state index is 0.641. The third-order valence-corrected chi connectivity index (χ3v) is 3.87. The molecule has 98 valence electrons. The second-order valence-corrected chi connectivity index (χ2v) is 5.08. The number of nitrogen functional groups attached to an aromatic ring is 1. The van der Waals surface area contributed by atoms with Crippen LogP contribution in [0.3, 0.4) is 0 Å². The zero-order valence-electron chi connectivity index (χ0n) is 10.8. The molecular formula is C13H20N4O. The van der Waals surface area contributed by atoms with E-state index in [0.29, 0.717) is 11.9 Å². The largest absolute Gasteiger partial charge is 0.383 e. The van der Waals surface area contributed by atoms with Gasteiger partial charge in [0.2, 0.25) is 0 Å². The number of nitrogens with zero attached hydrogens (tertiary/aromatic N) is 3. The SMILES string of the molecule is Cc1ccc(N2CC(N3CCOCC3)C2)nc1N. The highest BCUT2D eigenvalue weighted by atomic mass is 16.5. The summed E-state index contributed by atoms with van der Waals surface area (Å²) in [6.45, 7) is 7.94. The molecule has 2 saturated heterocycles. The summed E-state index contributed by atoms with van der Waals surface area (Å²) in [6, 6.07) is 4.75. The van der Waals surface area contributed by atoms with Crippen LogP contribution in [0.15, 0.2) is 12.1 Å². The Bertz CT molecular complexity index is 425. The van der Waals surface area contributed by atoms with E-state index >= 15 is 0 Å². The van der Waals surface area contributed by atoms with Crippen molar-refractivity contribution >= 4 is 11.6 Å². The second kappa shape index (κ2) is 4.74. The third kappa shape index (κ3) is 2.15. The fourth-order valence-corrected chi connectivity index (χ4v) is 2.53. The van der Waals surface area contributed by atoms with Gasteiger partial charge in [-0.05, 0) is 18.6 Å². The first-order chi connectivity index (χ1) is 8.74. The lowest BCUT2D eigenvalue weighted by Crippen LogP contribution is -2.61. The molecule has 5 heteroatoms. The molecule has 18 heavy (non-hydrogen) atoms. The molecule has 2 N–H and O–H groups in total. The highest BCUT2D eigenvalue weighted by Gasteiger charge is 2.33. The van der Waals surface area contributed by atoms with Gasteiger partial charge in [-0.2, -0.15) is 0 Å². The molecular weight excluding hydrogens is 228 g/mol. The van der Waals surface area contributed by atoms with E-state index in [9.17, 15) is 0 Å². The molecule has 0 aromatic carbocycles. The maximum atomic E-state index is 5.85. The van der Waals surface area contributed by atoms with E-state index in [1.807, 2.05) is 13.0 Å². The van der Waals surface area contributed by atoms with Crippen molar-refractivity contribution in [3.8, 4) is 0 Å². The molecule has 0 radical (unpaired) electrons. The summed E-state index contributed by atoms with van der Waals surface area (Å²) in [7, 11) is 0. The number of pyridine rings is 1. The summed E-state index contributed by atoms with van der Waals surface area (Å²) in [5.74, 6) is 1.64. The van der Waals surface area contributed by atoms with Crippen LogP contribution in [0.1, 0.15) is 5.56 Å². The number of ether oxygens (including phenoxy) is 1. The number of hydrogen-bond acceptors (Lipinski definition) is 5. The van der Waals surface area contributed by atoms with Gasteiger partial charge in [0, 0.05) is 32.2 Å². The molecule has 0 spiro atoms. The molecule has 0 aliphatic carbocycles. The lowest BCUT2D eigenvalue weighted by atomic mass is 10.1. The Labute approximate surface area is 108 Å². The molecule has 5 nitrogen and oxygen atoms in total. The summed E-state index contributed by atoms with van der Waals surface area (Å²) < 4.78 is 5.37. The van der Waals surface area contributed by atoms with Gasteiger partial charge in [0.1, 0.15) is 11.6 Å². The van der Waals surface area contributed by atoms with Crippen LogP contribution in [-0.2, 0) is 4.74 Å². The van der Waals surface area contributed by atoms with Crippen molar-refractivity contribution in [2.75, 3.05) is 50.0 Å². The molecule has 0 bridgehead atoms. The standard InChI is InChI=1S/C13H20N4O/c1-10-2-3-12(15-13(10)14)17-8-11(9-17)16-4-6-18-7-5-16/h2-3,11H,4-9H2,1H3,(H2,14,15). The van der Waals surface area contributed by atoms with E-state index in [1.54, 1.807) is 0 Å². The lowest BCUT2D eigenvalue weighted by Gasteiger charge is -2.47. The van der Waals surface area contributed by atoms with Gasteiger partial charge in [-0.25, -0.2) is 4.98 Å². The summed E-state index contributed by atoms with van der Waals surface area (Å²) >= 11 is 0. The molecule has 3 rings (SSSR count). The first-order valence-corrected chi connectivity index (χ1v) is 6.54. The number of anilines is 2. The second-order valence-electron chi connectivity index (χ2n) is 5.08. The topological polar surface area (TPSA) is 54.6 Å². The summed E-state index contributed by atoms with van der Waals surface area (Å²) in [6.07, 6.45) is 0. The van der Waals surface area contributed by atoms with Crippen molar-refractivity contribution in [2.24, 2.45) is 0 Å². The van der Waals surface area contributed by atoms with Crippen molar-refractivity contribution in [2.45, 2.75) is 13.0 Å². The number of nitrogens with two attached hydrogens (primary N) is 1. The Morgan fingerprint density at radius 3 is 2.67 bits per heavy atom. The molecule has 2 aliphatic rings. The normalized spacial score (nSPS) is 21.9. The van der Waals surface area contributed by atoms with Crippen LogP contribution in [0.5, 0.6) is 0 Å². The minimum atomic E-state index is 0.641. The first kappa shape index (κ1) is 11.7. The van der Waals surface area contributed by atoms with Crippen LogP contribution < -0.4 is 10.6 Å². The molecule has 0 atom stereocenters. The Balaban J connectivity index is 1.59. The monoisotopic (exact) mass is 248 g/mol. The number of hydrogen-bond donors (Lipinski definition) is 1. The van der Waals surface area contributed by atoms with Gasteiger partial charge in [-0.3, -0.25) is 4.90 Å². The quantitative estimate of drug-likeness (QED) is 0.825. The molecule has 2 aliphatic heterocycles. The zero-order valence-corrected chi connectivity index (χ0v) is 10.8. The molecule has 0 saturated carbocycles. The maximum Gasteiger partial charge on any atom is 0.131 e. The number of rotatable bonds is 2. The predicted molar refractivity (Wildman–Crippen MR) is 71.8 cm³/mol. The van der Waals surface area contributed by atoms with Crippen molar-refractivity contribution in [3.63, 3.8) is 0 Å². The number of aromatic nitrogens is 1. The average molecular weight is 248 g/mol. The van der Waals surface area contributed by atoms with Gasteiger partial charge >= 0.3 is 0 Å². The Kier molecular flexibility index (Phi) is 3.09. The lowest BCUT2D eigenvalue weighted by molar-refractivity contribution is 0.0104. The fourth-order valence-electron chi connectivity index (χ4n) is 2.53. The highest BCUT2D eigenvalue weighted by Crippen LogP contribution is 2.24. The van der Waals surface area contributed by atoms with Crippen LogP contribution >= 0.6 is 0 Å². The van der Waals surface area contributed by atoms with Crippen LogP contribution in [0, 0.1) is 6.92 Å². The third-order valence-electron chi connectivity index (χ3n) is 3.87. The van der Waals surface area contributed by atoms with Gasteiger partial charge < -0.3 is 15.4 Å². The van der Waals surface area contributed by atoms with E-state index < -0.39 is 0 Å². The van der Waals surface area contributed by atoms with Crippen LogP contribution in [0.4, 0.5) is 11.6 Å². The number of aryl methyl sites for hydroxylation is 1. The van der Waals surface area contributed by atoms with Crippen LogP contribution in [-0.4, -0.2) is 55.3 Å². The fraction of sp³-hybridized carbons (Fsp3) is 0.615. The Morgan fingerprint density at radius 1 is 1.28 bits per heavy atom. The van der Waals surface area contributed by atoms with Gasteiger partial charge in [-0.1, -0.05) is 6.07 Å². The van der Waals surface area contributed by atoms with Gasteiger partial charge in [0.05, 0.1) is 13.2 Å². The van der Waals surface area contributed by atoms with Crippen LogP contribution in [0.2, 0.25) is 0 Å². The molecule has 2 fully saturated rings. The van der Waals surface area contributed by atoms with E-state index in [4.69, 9.17) is 10.5 Å². The molecule has 3 heterocycles. The smallest absolute Gasteiger partial charge is 0.131 e. The van der Waals surface area contributed by atoms with E-state index in [-0.39, 0.29) is 0 Å². The van der Waals surface area contributed by atoms with Gasteiger partial charge in [-0.15, -0.1) is 0 Å². The maximum absolute atomic E-state index is 5.85. The summed E-state index contributed by atoms with van der Waals surface area (Å²) in [5, 5.41) is 0. The Hall–Kier alpha value is -1.33. The van der Waals surface area contributed by atoms with Crippen molar-refractivity contribution in [1.29, 1.82) is 0 Å². The highest BCUT2D eigenvalue weighted by molar-refractivity contribution is 5.51. The van der Waals surface area contributed by atoms with Crippen molar-refractivity contribution in [1.82, 2.24) is 9.88 Å². The van der Waals surface area contributed by atoms with Crippen molar-refractivity contribution in [3.05, 3.63) is 17.7 Å². The van der Waals surface area contributed by atoms with Gasteiger partial charge in [0.15, 0.2) is 0 Å². The summed E-state index contributed by atoms with van der Waals surface area (Å²) in [5.41, 5.74) is 6.90.